The third-order valence-electron chi connectivity index (χ3n) is 5.84. The van der Waals surface area contributed by atoms with Crippen LogP contribution in [0.1, 0.15) is 77.2 Å². The first-order chi connectivity index (χ1) is 16.0. The Morgan fingerprint density at radius 1 is 0.879 bits per heavy atom. The van der Waals surface area contributed by atoms with Gasteiger partial charge in [0, 0.05) is 11.6 Å². The number of esters is 1. The molecule has 0 radical (unpaired) electrons. The van der Waals surface area contributed by atoms with Crippen LogP contribution in [0.3, 0.4) is 0 Å². The summed E-state index contributed by atoms with van der Waals surface area (Å²) in [4.78, 5) is 13.5. The molecular weight excluding hydrogens is 434 g/mol. The van der Waals surface area contributed by atoms with Crippen molar-refractivity contribution in [3.05, 3.63) is 60.2 Å². The molecule has 2 aromatic rings. The summed E-state index contributed by atoms with van der Waals surface area (Å²) in [5, 5.41) is 3.55. The average molecular weight is 474 g/mol. The van der Waals surface area contributed by atoms with Crippen LogP contribution in [0.2, 0.25) is 0 Å². The van der Waals surface area contributed by atoms with Crippen molar-refractivity contribution in [1.82, 2.24) is 0 Å². The number of rotatable bonds is 16. The Balaban J connectivity index is 2.16. The van der Waals surface area contributed by atoms with Gasteiger partial charge in [0.15, 0.2) is 5.54 Å². The van der Waals surface area contributed by atoms with E-state index in [4.69, 9.17) is 21.1 Å². The molecule has 0 spiro atoms. The van der Waals surface area contributed by atoms with Gasteiger partial charge >= 0.3 is 5.97 Å². The van der Waals surface area contributed by atoms with Gasteiger partial charge in [-0.2, -0.15) is 0 Å². The summed E-state index contributed by atoms with van der Waals surface area (Å²) in [6.45, 7) is 3.79. The topological polar surface area (TPSA) is 47.6 Å². The highest BCUT2D eigenvalue weighted by molar-refractivity contribution is 6.17. The maximum absolute atomic E-state index is 13.5. The molecule has 0 bridgehead atoms. The summed E-state index contributed by atoms with van der Waals surface area (Å²) >= 11 is 5.76. The lowest BCUT2D eigenvalue weighted by molar-refractivity contribution is -0.153. The number of carbonyl (C=O) groups is 1. The van der Waals surface area contributed by atoms with Crippen LogP contribution in [0, 0.1) is 0 Å². The van der Waals surface area contributed by atoms with Crippen molar-refractivity contribution in [2.45, 2.75) is 83.3 Å². The molecule has 1 N–H and O–H groups in total. The molecule has 0 aliphatic rings. The van der Waals surface area contributed by atoms with Gasteiger partial charge in [0.25, 0.3) is 0 Å². The number of alkyl halides is 1. The van der Waals surface area contributed by atoms with E-state index in [9.17, 15) is 4.79 Å². The zero-order valence-corrected chi connectivity index (χ0v) is 21.2. The zero-order chi connectivity index (χ0) is 23.9. The molecule has 0 aliphatic carbocycles. The molecule has 0 fully saturated rings. The van der Waals surface area contributed by atoms with E-state index in [2.05, 4.69) is 5.32 Å². The minimum Gasteiger partial charge on any atom is -0.497 e. The van der Waals surface area contributed by atoms with Crippen molar-refractivity contribution in [2.75, 3.05) is 18.3 Å². The van der Waals surface area contributed by atoms with Crippen molar-refractivity contribution in [3.8, 4) is 5.75 Å². The van der Waals surface area contributed by atoms with E-state index < -0.39 is 5.54 Å². The normalized spacial score (nSPS) is 12.9. The lowest BCUT2D eigenvalue weighted by Gasteiger charge is -2.35. The van der Waals surface area contributed by atoms with Gasteiger partial charge in [-0.25, -0.2) is 4.79 Å². The van der Waals surface area contributed by atoms with E-state index in [-0.39, 0.29) is 12.1 Å². The second-order valence-electron chi connectivity index (χ2n) is 8.85. The van der Waals surface area contributed by atoms with Crippen molar-refractivity contribution in [1.29, 1.82) is 0 Å². The summed E-state index contributed by atoms with van der Waals surface area (Å²) < 4.78 is 11.1. The summed E-state index contributed by atoms with van der Waals surface area (Å²) in [6.07, 6.45) is 9.73. The summed E-state index contributed by atoms with van der Waals surface area (Å²) in [5.41, 5.74) is 0.840. The van der Waals surface area contributed by atoms with Gasteiger partial charge in [0.2, 0.25) is 0 Å². The molecule has 5 heteroatoms. The predicted molar refractivity (Wildman–Crippen MR) is 138 cm³/mol. The van der Waals surface area contributed by atoms with Gasteiger partial charge < -0.3 is 14.8 Å². The molecule has 0 aromatic heterocycles. The van der Waals surface area contributed by atoms with E-state index in [1.54, 1.807) is 7.11 Å². The lowest BCUT2D eigenvalue weighted by atomic mass is 9.84. The third kappa shape index (κ3) is 8.92. The standard InChI is InChI=1S/C28H40ClNO3/c1-23(2)33-27(31)28(24-15-11-10-12-16-24,30-25-17-19-26(32-3)20-18-25)21-13-8-6-4-5-7-9-14-22-29/h10-12,15-20,23,30H,4-9,13-14,21-22H2,1-3H3/t28-/m0/s1. The molecule has 2 rings (SSSR count). The number of hydrogen-bond donors (Lipinski definition) is 1. The molecule has 33 heavy (non-hydrogen) atoms. The molecule has 182 valence electrons. The minimum absolute atomic E-state index is 0.189. The predicted octanol–water partition coefficient (Wildman–Crippen LogP) is 7.70. The summed E-state index contributed by atoms with van der Waals surface area (Å²) in [5.74, 6) is 1.30. The van der Waals surface area contributed by atoms with Crippen LogP contribution in [-0.4, -0.2) is 25.1 Å². The largest absolute Gasteiger partial charge is 0.497 e. The number of carbonyl (C=O) groups excluding carboxylic acids is 1. The van der Waals surface area contributed by atoms with E-state index in [0.29, 0.717) is 6.42 Å². The van der Waals surface area contributed by atoms with Crippen LogP contribution in [0.5, 0.6) is 5.75 Å². The number of methoxy groups -OCH3 is 1. The number of hydrogen-bond acceptors (Lipinski definition) is 4. The molecule has 0 amide bonds. The van der Waals surface area contributed by atoms with E-state index in [1.807, 2.05) is 68.4 Å². The molecule has 0 saturated heterocycles. The molecule has 0 unspecified atom stereocenters. The van der Waals surface area contributed by atoms with E-state index >= 15 is 0 Å². The Labute approximate surface area is 205 Å². The number of benzene rings is 2. The second-order valence-corrected chi connectivity index (χ2v) is 9.22. The third-order valence-corrected chi connectivity index (χ3v) is 6.11. The number of unbranched alkanes of at least 4 members (excludes halogenated alkanes) is 7. The lowest BCUT2D eigenvalue weighted by Crippen LogP contribution is -2.45. The molecule has 4 nitrogen and oxygen atoms in total. The van der Waals surface area contributed by atoms with Gasteiger partial charge in [-0.3, -0.25) is 0 Å². The molecule has 0 heterocycles. The smallest absolute Gasteiger partial charge is 0.336 e. The fourth-order valence-corrected chi connectivity index (χ4v) is 4.24. The van der Waals surface area contributed by atoms with Gasteiger partial charge in [-0.15, -0.1) is 11.6 Å². The highest BCUT2D eigenvalue weighted by atomic mass is 35.5. The quantitative estimate of drug-likeness (QED) is 0.154. The van der Waals surface area contributed by atoms with Gasteiger partial charge in [0.1, 0.15) is 5.75 Å². The maximum Gasteiger partial charge on any atom is 0.336 e. The van der Waals surface area contributed by atoms with Crippen LogP contribution in [-0.2, 0) is 15.1 Å². The summed E-state index contributed by atoms with van der Waals surface area (Å²) in [6, 6.07) is 17.6. The highest BCUT2D eigenvalue weighted by Gasteiger charge is 2.41. The van der Waals surface area contributed by atoms with Crippen LogP contribution < -0.4 is 10.1 Å². The molecule has 0 saturated carbocycles. The highest BCUT2D eigenvalue weighted by Crippen LogP contribution is 2.34. The number of halogens is 1. The van der Waals surface area contributed by atoms with Crippen molar-refractivity contribution in [2.24, 2.45) is 0 Å². The van der Waals surface area contributed by atoms with Crippen LogP contribution in [0.4, 0.5) is 5.69 Å². The molecule has 1 atom stereocenters. The first-order valence-electron chi connectivity index (χ1n) is 12.3. The fraction of sp³-hybridized carbons (Fsp3) is 0.536. The Bertz CT molecular complexity index is 795. The number of ether oxygens (including phenoxy) is 2. The van der Waals surface area contributed by atoms with Crippen molar-refractivity contribution >= 4 is 23.3 Å². The SMILES string of the molecule is COc1ccc(N[C@](CCCCCCCCCCCl)(C(=O)OC(C)C)c2ccccc2)cc1. The Kier molecular flexibility index (Phi) is 12.2. The monoisotopic (exact) mass is 473 g/mol. The van der Waals surface area contributed by atoms with E-state index in [1.165, 1.54) is 32.1 Å². The van der Waals surface area contributed by atoms with Crippen LogP contribution >= 0.6 is 11.6 Å². The van der Waals surface area contributed by atoms with Crippen LogP contribution in [0.25, 0.3) is 0 Å². The fourth-order valence-electron chi connectivity index (χ4n) is 4.05. The van der Waals surface area contributed by atoms with Gasteiger partial charge in [0.05, 0.1) is 13.2 Å². The first-order valence-corrected chi connectivity index (χ1v) is 12.8. The average Bonchev–Trinajstić information content (AvgIpc) is 2.82. The Hall–Kier alpha value is -2.20. The first kappa shape index (κ1) is 27.0. The minimum atomic E-state index is -0.944. The maximum atomic E-state index is 13.5. The molecule has 0 aliphatic heterocycles. The number of anilines is 1. The van der Waals surface area contributed by atoms with Gasteiger partial charge in [-0.05, 0) is 56.5 Å². The van der Waals surface area contributed by atoms with Crippen molar-refractivity contribution < 1.29 is 14.3 Å². The molecular formula is C28H40ClNO3. The summed E-state index contributed by atoms with van der Waals surface area (Å²) in [7, 11) is 1.65. The second kappa shape index (κ2) is 14.8. The van der Waals surface area contributed by atoms with Crippen molar-refractivity contribution in [3.63, 3.8) is 0 Å². The molecule has 2 aromatic carbocycles. The van der Waals surface area contributed by atoms with E-state index in [0.717, 1.165) is 42.1 Å². The van der Waals surface area contributed by atoms with Gasteiger partial charge in [-0.1, -0.05) is 75.3 Å². The zero-order valence-electron chi connectivity index (χ0n) is 20.4. The van der Waals surface area contributed by atoms with Crippen LogP contribution in [0.15, 0.2) is 54.6 Å². The number of nitrogens with one attached hydrogen (secondary N) is 1. The Morgan fingerprint density at radius 2 is 1.45 bits per heavy atom. The Morgan fingerprint density at radius 3 is 2.00 bits per heavy atom.